The lowest BCUT2D eigenvalue weighted by Crippen LogP contribution is -2.52. The van der Waals surface area contributed by atoms with Crippen molar-refractivity contribution in [3.63, 3.8) is 0 Å². The van der Waals surface area contributed by atoms with Crippen LogP contribution in [0.15, 0.2) is 78.9 Å². The largest absolute Gasteiger partial charge is 0.486 e. The number of ether oxygens (including phenoxy) is 2. The van der Waals surface area contributed by atoms with E-state index in [0.717, 1.165) is 28.9 Å². The Bertz CT molecular complexity index is 1170. The molecular weight excluding hydrogens is 464 g/mol. The number of hydrogen-bond donors (Lipinski definition) is 1. The van der Waals surface area contributed by atoms with Crippen molar-refractivity contribution in [1.82, 2.24) is 10.2 Å². The Kier molecular flexibility index (Phi) is 9.19. The van der Waals surface area contributed by atoms with Gasteiger partial charge in [0.05, 0.1) is 0 Å². The predicted octanol–water partition coefficient (Wildman–Crippen LogP) is 4.95. The lowest BCUT2D eigenvalue weighted by Gasteiger charge is -2.32. The van der Waals surface area contributed by atoms with Crippen molar-refractivity contribution in [2.75, 3.05) is 13.2 Å². The monoisotopic (exact) mass is 500 g/mol. The summed E-state index contributed by atoms with van der Waals surface area (Å²) in [7, 11) is 0. The number of carbonyl (C=O) groups excluding carboxylic acids is 2. The Morgan fingerprint density at radius 2 is 1.51 bits per heavy atom. The molecule has 0 aliphatic carbocycles. The van der Waals surface area contributed by atoms with Crippen LogP contribution in [0.4, 0.5) is 0 Å². The van der Waals surface area contributed by atoms with E-state index in [1.807, 2.05) is 92.7 Å². The number of rotatable bonds is 11. The molecule has 0 saturated carbocycles. The molecule has 2 amide bonds. The molecule has 6 heteroatoms. The Balaban J connectivity index is 1.58. The highest BCUT2D eigenvalue weighted by Gasteiger charge is 2.30. The van der Waals surface area contributed by atoms with E-state index in [4.69, 9.17) is 9.47 Å². The van der Waals surface area contributed by atoms with Gasteiger partial charge in [0.15, 0.2) is 11.5 Å². The quantitative estimate of drug-likeness (QED) is 0.405. The summed E-state index contributed by atoms with van der Waals surface area (Å²) >= 11 is 0. The molecule has 0 bridgehead atoms. The lowest BCUT2D eigenvalue weighted by molar-refractivity contribution is -0.141. The first-order chi connectivity index (χ1) is 18.0. The molecule has 1 heterocycles. The topological polar surface area (TPSA) is 67.9 Å². The smallest absolute Gasteiger partial charge is 0.243 e. The third-order valence-corrected chi connectivity index (χ3v) is 6.70. The molecule has 3 aromatic rings. The summed E-state index contributed by atoms with van der Waals surface area (Å²) in [5.41, 5.74) is 3.01. The molecule has 3 aromatic carbocycles. The Morgan fingerprint density at radius 1 is 0.865 bits per heavy atom. The van der Waals surface area contributed by atoms with Crippen LogP contribution in [0.2, 0.25) is 0 Å². The minimum absolute atomic E-state index is 0.0252. The molecule has 37 heavy (non-hydrogen) atoms. The molecule has 0 radical (unpaired) electrons. The van der Waals surface area contributed by atoms with E-state index in [-0.39, 0.29) is 24.3 Å². The van der Waals surface area contributed by atoms with Gasteiger partial charge in [-0.1, -0.05) is 73.7 Å². The van der Waals surface area contributed by atoms with Crippen molar-refractivity contribution in [3.8, 4) is 11.5 Å². The number of hydrogen-bond acceptors (Lipinski definition) is 4. The summed E-state index contributed by atoms with van der Waals surface area (Å²) in [5, 5.41) is 3.12. The standard InChI is InChI=1S/C31H36N2O4/c1-3-23(2)32-31(35)27(20-24-10-6-4-7-11-24)33(22-26-12-8-5-9-13-26)30(34)17-15-25-14-16-28-29(21-25)37-19-18-36-28/h4-14,16,21,23,27H,3,15,17-20,22H2,1-2H3,(H,32,35)/t23-,27+/m0/s1. The van der Waals surface area contributed by atoms with Crippen molar-refractivity contribution in [2.24, 2.45) is 0 Å². The molecule has 1 aliphatic heterocycles. The van der Waals surface area contributed by atoms with Gasteiger partial charge in [-0.2, -0.15) is 0 Å². The maximum absolute atomic E-state index is 13.8. The third kappa shape index (κ3) is 7.35. The van der Waals surface area contributed by atoms with Crippen molar-refractivity contribution in [2.45, 2.75) is 58.2 Å². The summed E-state index contributed by atoms with van der Waals surface area (Å²) in [6.45, 7) is 5.46. The second kappa shape index (κ2) is 12.9. The number of nitrogens with zero attached hydrogens (tertiary/aromatic N) is 1. The SMILES string of the molecule is CC[C@H](C)NC(=O)[C@@H](Cc1ccccc1)N(Cc1ccccc1)C(=O)CCc1ccc2c(c1)OCCO2. The fourth-order valence-electron chi connectivity index (χ4n) is 4.41. The first-order valence-electron chi connectivity index (χ1n) is 13.1. The molecule has 6 nitrogen and oxygen atoms in total. The zero-order valence-electron chi connectivity index (χ0n) is 21.7. The first-order valence-corrected chi connectivity index (χ1v) is 13.1. The van der Waals surface area contributed by atoms with Crippen LogP contribution in [0.3, 0.4) is 0 Å². The van der Waals surface area contributed by atoms with Gasteiger partial charge in [0.2, 0.25) is 11.8 Å². The number of fused-ring (bicyclic) bond motifs is 1. The van der Waals surface area contributed by atoms with Gasteiger partial charge in [-0.3, -0.25) is 9.59 Å². The fourth-order valence-corrected chi connectivity index (χ4v) is 4.41. The van der Waals surface area contributed by atoms with Crippen LogP contribution >= 0.6 is 0 Å². The summed E-state index contributed by atoms with van der Waals surface area (Å²) in [4.78, 5) is 29.1. The van der Waals surface area contributed by atoms with Gasteiger partial charge in [0.1, 0.15) is 19.3 Å². The average molecular weight is 501 g/mol. The highest BCUT2D eigenvalue weighted by atomic mass is 16.6. The second-order valence-electron chi connectivity index (χ2n) is 9.51. The van der Waals surface area contributed by atoms with E-state index in [2.05, 4.69) is 5.32 Å². The van der Waals surface area contributed by atoms with Crippen LogP contribution in [0.1, 0.15) is 43.4 Å². The zero-order valence-corrected chi connectivity index (χ0v) is 21.7. The van der Waals surface area contributed by atoms with Gasteiger partial charge in [-0.15, -0.1) is 0 Å². The molecule has 4 rings (SSSR count). The number of nitrogens with one attached hydrogen (secondary N) is 1. The Hall–Kier alpha value is -3.80. The fraction of sp³-hybridized carbons (Fsp3) is 0.355. The van der Waals surface area contributed by atoms with E-state index in [1.54, 1.807) is 4.90 Å². The summed E-state index contributed by atoms with van der Waals surface area (Å²) in [6.07, 6.45) is 2.10. The van der Waals surface area contributed by atoms with Gasteiger partial charge >= 0.3 is 0 Å². The minimum atomic E-state index is -0.621. The maximum atomic E-state index is 13.8. The normalized spacial score (nSPS) is 13.9. The Labute approximate surface area is 219 Å². The summed E-state index contributed by atoms with van der Waals surface area (Å²) < 4.78 is 11.3. The van der Waals surface area contributed by atoms with Crippen LogP contribution in [-0.4, -0.2) is 42.0 Å². The molecule has 0 saturated heterocycles. The molecule has 194 valence electrons. The average Bonchev–Trinajstić information content (AvgIpc) is 2.94. The first kappa shape index (κ1) is 26.3. The van der Waals surface area contributed by atoms with Crippen LogP contribution in [0.5, 0.6) is 11.5 Å². The molecule has 0 unspecified atom stereocenters. The third-order valence-electron chi connectivity index (χ3n) is 6.70. The zero-order chi connectivity index (χ0) is 26.0. The van der Waals surface area contributed by atoms with Crippen molar-refractivity contribution in [1.29, 1.82) is 0 Å². The second-order valence-corrected chi connectivity index (χ2v) is 9.51. The van der Waals surface area contributed by atoms with Crippen LogP contribution in [0.25, 0.3) is 0 Å². The molecule has 1 N–H and O–H groups in total. The summed E-state index contributed by atoms with van der Waals surface area (Å²) in [6, 6.07) is 25.0. The van der Waals surface area contributed by atoms with Crippen molar-refractivity contribution < 1.29 is 19.1 Å². The number of benzene rings is 3. The van der Waals surface area contributed by atoms with E-state index in [1.165, 1.54) is 0 Å². The van der Waals surface area contributed by atoms with E-state index in [0.29, 0.717) is 38.3 Å². The Morgan fingerprint density at radius 3 is 2.19 bits per heavy atom. The van der Waals surface area contributed by atoms with Gasteiger partial charge in [0.25, 0.3) is 0 Å². The highest BCUT2D eigenvalue weighted by Crippen LogP contribution is 2.31. The van der Waals surface area contributed by atoms with E-state index >= 15 is 0 Å². The molecule has 0 aromatic heterocycles. The van der Waals surface area contributed by atoms with Crippen molar-refractivity contribution >= 4 is 11.8 Å². The van der Waals surface area contributed by atoms with Gasteiger partial charge in [0, 0.05) is 25.4 Å². The molecular formula is C31H36N2O4. The van der Waals surface area contributed by atoms with Crippen molar-refractivity contribution in [3.05, 3.63) is 95.6 Å². The molecule has 0 spiro atoms. The predicted molar refractivity (Wildman–Crippen MR) is 145 cm³/mol. The number of carbonyl (C=O) groups is 2. The van der Waals surface area contributed by atoms with Gasteiger partial charge in [-0.25, -0.2) is 0 Å². The molecule has 0 fully saturated rings. The van der Waals surface area contributed by atoms with E-state index < -0.39 is 6.04 Å². The van der Waals surface area contributed by atoms with Crippen LogP contribution in [-0.2, 0) is 29.0 Å². The van der Waals surface area contributed by atoms with Crippen LogP contribution < -0.4 is 14.8 Å². The minimum Gasteiger partial charge on any atom is -0.486 e. The molecule has 2 atom stereocenters. The highest BCUT2D eigenvalue weighted by molar-refractivity contribution is 5.88. The molecule has 1 aliphatic rings. The lowest BCUT2D eigenvalue weighted by atomic mass is 10.0. The maximum Gasteiger partial charge on any atom is 0.243 e. The summed E-state index contributed by atoms with van der Waals surface area (Å²) in [5.74, 6) is 1.27. The van der Waals surface area contributed by atoms with E-state index in [9.17, 15) is 9.59 Å². The van der Waals surface area contributed by atoms with Crippen LogP contribution in [0, 0.1) is 0 Å². The van der Waals surface area contributed by atoms with Gasteiger partial charge < -0.3 is 19.7 Å². The van der Waals surface area contributed by atoms with Gasteiger partial charge in [-0.05, 0) is 48.6 Å². The number of amides is 2. The number of aryl methyl sites for hydroxylation is 1.